The minimum atomic E-state index is -0.650. The molecule has 0 saturated carbocycles. The molecule has 0 fully saturated rings. The number of furan rings is 1. The number of methoxy groups -OCH3 is 1. The molecule has 1 amide bonds. The summed E-state index contributed by atoms with van der Waals surface area (Å²) in [5.74, 6) is 0.657. The average molecular weight is 341 g/mol. The van der Waals surface area contributed by atoms with E-state index in [2.05, 4.69) is 0 Å². The van der Waals surface area contributed by atoms with Crippen LogP contribution in [0.3, 0.4) is 0 Å². The van der Waals surface area contributed by atoms with Gasteiger partial charge >= 0.3 is 0 Å². The van der Waals surface area contributed by atoms with Gasteiger partial charge in [-0.3, -0.25) is 4.79 Å². The Hall–Kier alpha value is -1.56. The van der Waals surface area contributed by atoms with E-state index in [1.165, 1.54) is 0 Å². The molecule has 2 N–H and O–H groups in total. The number of carbonyl (C=O) groups is 1. The molecule has 2 aromatic rings. The lowest BCUT2D eigenvalue weighted by Gasteiger charge is -2.29. The number of fused-ring (bicyclic) bond motifs is 1. The van der Waals surface area contributed by atoms with Crippen molar-refractivity contribution < 1.29 is 13.9 Å². The zero-order valence-corrected chi connectivity index (χ0v) is 14.6. The Morgan fingerprint density at radius 3 is 2.70 bits per heavy atom. The zero-order valence-electron chi connectivity index (χ0n) is 13.8. The highest BCUT2D eigenvalue weighted by Crippen LogP contribution is 2.27. The molecule has 0 aliphatic rings. The molecule has 0 bridgehead atoms. The zero-order chi connectivity index (χ0) is 16.1. The highest BCUT2D eigenvalue weighted by atomic mass is 35.5. The van der Waals surface area contributed by atoms with Crippen LogP contribution in [-0.4, -0.2) is 37.1 Å². The van der Waals surface area contributed by atoms with Crippen LogP contribution in [0.1, 0.15) is 32.1 Å². The van der Waals surface area contributed by atoms with Crippen LogP contribution in [0.2, 0.25) is 0 Å². The molecule has 1 aromatic carbocycles. The first-order valence-corrected chi connectivity index (χ1v) is 7.62. The maximum atomic E-state index is 12.5. The van der Waals surface area contributed by atoms with Gasteiger partial charge in [0.25, 0.3) is 0 Å². The number of benzene rings is 1. The molecule has 1 aromatic heterocycles. The molecule has 2 atom stereocenters. The normalized spacial score (nSPS) is 13.4. The Balaban J connectivity index is 0.00000264. The van der Waals surface area contributed by atoms with Crippen molar-refractivity contribution in [3.8, 4) is 0 Å². The number of hydrogen-bond donors (Lipinski definition) is 1. The molecule has 0 saturated heterocycles. The van der Waals surface area contributed by atoms with E-state index in [1.54, 1.807) is 12.0 Å². The maximum absolute atomic E-state index is 12.5. The second-order valence-electron chi connectivity index (χ2n) is 5.46. The molecule has 0 radical (unpaired) electrons. The number of para-hydroxylation sites is 1. The molecule has 0 aliphatic heterocycles. The molecular weight excluding hydrogens is 316 g/mol. The first-order valence-electron chi connectivity index (χ1n) is 7.62. The minimum absolute atomic E-state index is 0. The third kappa shape index (κ3) is 4.47. The van der Waals surface area contributed by atoms with Crippen molar-refractivity contribution in [2.45, 2.75) is 32.4 Å². The minimum Gasteiger partial charge on any atom is -0.459 e. The van der Waals surface area contributed by atoms with Crippen molar-refractivity contribution in [1.82, 2.24) is 4.90 Å². The molecule has 2 rings (SSSR count). The van der Waals surface area contributed by atoms with Crippen LogP contribution in [-0.2, 0) is 9.53 Å². The lowest BCUT2D eigenvalue weighted by Crippen LogP contribution is -2.47. The third-order valence-corrected chi connectivity index (χ3v) is 3.73. The summed E-state index contributed by atoms with van der Waals surface area (Å²) in [7, 11) is 1.54. The molecule has 0 aliphatic carbocycles. The van der Waals surface area contributed by atoms with E-state index in [9.17, 15) is 4.79 Å². The number of nitrogens with two attached hydrogens (primary N) is 1. The van der Waals surface area contributed by atoms with Crippen LogP contribution < -0.4 is 5.73 Å². The van der Waals surface area contributed by atoms with Gasteiger partial charge in [0.05, 0.1) is 12.6 Å². The topological polar surface area (TPSA) is 68.7 Å². The molecule has 2 unspecified atom stereocenters. The van der Waals surface area contributed by atoms with Gasteiger partial charge in [0, 0.05) is 19.0 Å². The molecular formula is C17H25ClN2O3. The summed E-state index contributed by atoms with van der Waals surface area (Å²) in [5.41, 5.74) is 6.73. The van der Waals surface area contributed by atoms with Crippen molar-refractivity contribution in [2.24, 2.45) is 5.73 Å². The van der Waals surface area contributed by atoms with E-state index in [-0.39, 0.29) is 31.0 Å². The van der Waals surface area contributed by atoms with Crippen molar-refractivity contribution in [3.05, 3.63) is 36.1 Å². The van der Waals surface area contributed by atoms with E-state index in [4.69, 9.17) is 14.9 Å². The predicted molar refractivity (Wildman–Crippen MR) is 93.7 cm³/mol. The van der Waals surface area contributed by atoms with Gasteiger partial charge in [0.1, 0.15) is 17.4 Å². The second-order valence-corrected chi connectivity index (χ2v) is 5.46. The summed E-state index contributed by atoms with van der Waals surface area (Å²) in [4.78, 5) is 14.3. The first kappa shape index (κ1) is 19.5. The smallest absolute Gasteiger partial charge is 0.242 e. The SMILES string of the molecule is CCCN(C(=O)C(N)COC)C(C)c1cc2ccccc2o1.Cl. The summed E-state index contributed by atoms with van der Waals surface area (Å²) in [6.07, 6.45) is 0.857. The summed E-state index contributed by atoms with van der Waals surface area (Å²) < 4.78 is 10.9. The van der Waals surface area contributed by atoms with Crippen molar-refractivity contribution >= 4 is 29.3 Å². The van der Waals surface area contributed by atoms with Gasteiger partial charge in [-0.05, 0) is 25.5 Å². The van der Waals surface area contributed by atoms with Crippen LogP contribution in [0.5, 0.6) is 0 Å². The quantitative estimate of drug-likeness (QED) is 0.840. The lowest BCUT2D eigenvalue weighted by molar-refractivity contribution is -0.136. The number of halogens is 1. The van der Waals surface area contributed by atoms with E-state index in [0.29, 0.717) is 6.54 Å². The van der Waals surface area contributed by atoms with Gasteiger partial charge in [-0.1, -0.05) is 25.1 Å². The first-order chi connectivity index (χ1) is 10.6. The van der Waals surface area contributed by atoms with Gasteiger partial charge in [-0.25, -0.2) is 0 Å². The van der Waals surface area contributed by atoms with Gasteiger partial charge in [-0.15, -0.1) is 12.4 Å². The maximum Gasteiger partial charge on any atom is 0.242 e. The molecule has 0 spiro atoms. The lowest BCUT2D eigenvalue weighted by atomic mass is 10.1. The van der Waals surface area contributed by atoms with E-state index in [0.717, 1.165) is 23.2 Å². The summed E-state index contributed by atoms with van der Waals surface area (Å²) in [5, 5.41) is 1.04. The number of ether oxygens (including phenoxy) is 1. The van der Waals surface area contributed by atoms with Gasteiger partial charge in [0.15, 0.2) is 0 Å². The standard InChI is InChI=1S/C17H24N2O3.ClH/c1-4-9-19(17(20)14(18)11-21-3)12(2)16-10-13-7-5-6-8-15(13)22-16;/h5-8,10,12,14H,4,9,11,18H2,1-3H3;1H. The van der Waals surface area contributed by atoms with Gasteiger partial charge in [0.2, 0.25) is 5.91 Å². The van der Waals surface area contributed by atoms with Crippen LogP contribution in [0.25, 0.3) is 11.0 Å². The second kappa shape index (κ2) is 8.91. The number of carbonyl (C=O) groups excluding carboxylic acids is 1. The number of nitrogens with zero attached hydrogens (tertiary/aromatic N) is 1. The number of rotatable bonds is 7. The monoisotopic (exact) mass is 340 g/mol. The van der Waals surface area contributed by atoms with Crippen LogP contribution in [0, 0.1) is 0 Å². The van der Waals surface area contributed by atoms with Crippen LogP contribution in [0.4, 0.5) is 0 Å². The van der Waals surface area contributed by atoms with E-state index >= 15 is 0 Å². The fraction of sp³-hybridized carbons (Fsp3) is 0.471. The molecule has 1 heterocycles. The van der Waals surface area contributed by atoms with E-state index in [1.807, 2.05) is 44.2 Å². The number of amides is 1. The highest BCUT2D eigenvalue weighted by molar-refractivity contribution is 5.85. The molecule has 23 heavy (non-hydrogen) atoms. The Morgan fingerprint density at radius 2 is 2.09 bits per heavy atom. The Morgan fingerprint density at radius 1 is 1.39 bits per heavy atom. The summed E-state index contributed by atoms with van der Waals surface area (Å²) >= 11 is 0. The fourth-order valence-corrected chi connectivity index (χ4v) is 2.56. The van der Waals surface area contributed by atoms with Crippen molar-refractivity contribution in [2.75, 3.05) is 20.3 Å². The van der Waals surface area contributed by atoms with Crippen LogP contribution >= 0.6 is 12.4 Å². The van der Waals surface area contributed by atoms with E-state index < -0.39 is 6.04 Å². The van der Waals surface area contributed by atoms with Crippen LogP contribution in [0.15, 0.2) is 34.7 Å². The Kier molecular flexibility index (Phi) is 7.55. The van der Waals surface area contributed by atoms with Gasteiger partial charge < -0.3 is 19.8 Å². The fourth-order valence-electron chi connectivity index (χ4n) is 2.56. The van der Waals surface area contributed by atoms with Gasteiger partial charge in [-0.2, -0.15) is 0 Å². The number of hydrogen-bond acceptors (Lipinski definition) is 4. The summed E-state index contributed by atoms with van der Waals surface area (Å²) in [6, 6.07) is 8.99. The average Bonchev–Trinajstić information content (AvgIpc) is 2.95. The summed E-state index contributed by atoms with van der Waals surface area (Å²) in [6.45, 7) is 4.85. The molecule has 6 heteroatoms. The highest BCUT2D eigenvalue weighted by Gasteiger charge is 2.27. The molecule has 128 valence electrons. The van der Waals surface area contributed by atoms with Crippen molar-refractivity contribution in [3.63, 3.8) is 0 Å². The third-order valence-electron chi connectivity index (χ3n) is 3.73. The largest absolute Gasteiger partial charge is 0.459 e. The molecule has 5 nitrogen and oxygen atoms in total. The van der Waals surface area contributed by atoms with Crippen molar-refractivity contribution in [1.29, 1.82) is 0 Å². The Bertz CT molecular complexity index is 596. The Labute approximate surface area is 143 Å². The predicted octanol–water partition coefficient (Wildman–Crippen LogP) is 3.13.